The van der Waals surface area contributed by atoms with Crippen LogP contribution in [0.15, 0.2) is 12.3 Å². The highest BCUT2D eigenvalue weighted by molar-refractivity contribution is 5.36. The number of nitrogens with zero attached hydrogens (tertiary/aromatic N) is 2. The highest BCUT2D eigenvalue weighted by Gasteiger charge is 2.03. The van der Waals surface area contributed by atoms with Crippen molar-refractivity contribution in [1.29, 1.82) is 0 Å². The SMILES string of the molecule is [C-]#[N+]c1ncc(F)cc1F. The van der Waals surface area contributed by atoms with Crippen LogP contribution in [0, 0.1) is 18.2 Å². The summed E-state index contributed by atoms with van der Waals surface area (Å²) in [6.45, 7) is 6.36. The number of hydrogen-bond acceptors (Lipinski definition) is 1. The third kappa shape index (κ3) is 1.08. The molecule has 10 heavy (non-hydrogen) atoms. The molecule has 0 aliphatic carbocycles. The molecule has 1 heterocycles. The van der Waals surface area contributed by atoms with Crippen LogP contribution in [-0.2, 0) is 0 Å². The van der Waals surface area contributed by atoms with E-state index in [-0.39, 0.29) is 0 Å². The third-order valence-electron chi connectivity index (χ3n) is 0.894. The van der Waals surface area contributed by atoms with Crippen LogP contribution < -0.4 is 0 Å². The van der Waals surface area contributed by atoms with Crippen LogP contribution >= 0.6 is 0 Å². The molecule has 2 nitrogen and oxygen atoms in total. The molecule has 0 atom stereocenters. The van der Waals surface area contributed by atoms with E-state index in [2.05, 4.69) is 9.83 Å². The van der Waals surface area contributed by atoms with Crippen molar-refractivity contribution in [3.8, 4) is 0 Å². The van der Waals surface area contributed by atoms with E-state index in [1.165, 1.54) is 0 Å². The van der Waals surface area contributed by atoms with Crippen LogP contribution in [0.5, 0.6) is 0 Å². The maximum absolute atomic E-state index is 12.3. The summed E-state index contributed by atoms with van der Waals surface area (Å²) in [5.41, 5.74) is 0. The molecule has 0 unspecified atom stereocenters. The lowest BCUT2D eigenvalue weighted by Crippen LogP contribution is -1.81. The van der Waals surface area contributed by atoms with Gasteiger partial charge in [-0.15, -0.1) is 4.98 Å². The molecule has 0 saturated carbocycles. The molecule has 0 fully saturated rings. The van der Waals surface area contributed by atoms with Crippen molar-refractivity contribution in [1.82, 2.24) is 4.98 Å². The minimum Gasteiger partial charge on any atom is -0.358 e. The second kappa shape index (κ2) is 2.40. The standard InChI is InChI=1S/C6H2F2N2/c1-9-6-5(8)2-4(7)3-10-6/h2-3H. The zero-order valence-electron chi connectivity index (χ0n) is 4.81. The predicted molar refractivity (Wildman–Crippen MR) is 30.4 cm³/mol. The molecular weight excluding hydrogens is 138 g/mol. The minimum absolute atomic E-state index is 0.401. The Labute approximate surface area is 55.9 Å². The maximum Gasteiger partial charge on any atom is 0.305 e. The van der Waals surface area contributed by atoms with Crippen LogP contribution in [0.3, 0.4) is 0 Å². The normalized spacial score (nSPS) is 8.90. The van der Waals surface area contributed by atoms with Gasteiger partial charge >= 0.3 is 5.82 Å². The Morgan fingerprint density at radius 2 is 2.20 bits per heavy atom. The van der Waals surface area contributed by atoms with Crippen LogP contribution in [0.4, 0.5) is 14.6 Å². The van der Waals surface area contributed by atoms with Gasteiger partial charge in [0.25, 0.3) is 0 Å². The molecular formula is C6H2F2N2. The highest BCUT2D eigenvalue weighted by Crippen LogP contribution is 2.13. The van der Waals surface area contributed by atoms with E-state index in [0.29, 0.717) is 6.07 Å². The Kier molecular flexibility index (Phi) is 1.59. The third-order valence-corrected chi connectivity index (χ3v) is 0.894. The summed E-state index contributed by atoms with van der Waals surface area (Å²) in [5.74, 6) is -2.10. The van der Waals surface area contributed by atoms with Gasteiger partial charge in [-0.05, 0) is 0 Å². The Bertz CT molecular complexity index is 290. The highest BCUT2D eigenvalue weighted by atomic mass is 19.1. The summed E-state index contributed by atoms with van der Waals surface area (Å²) in [7, 11) is 0. The zero-order valence-corrected chi connectivity index (χ0v) is 4.81. The molecule has 1 aromatic rings. The van der Waals surface area contributed by atoms with Crippen molar-refractivity contribution in [3.63, 3.8) is 0 Å². The maximum atomic E-state index is 12.3. The predicted octanol–water partition coefficient (Wildman–Crippen LogP) is 1.91. The van der Waals surface area contributed by atoms with Crippen molar-refractivity contribution < 1.29 is 8.78 Å². The van der Waals surface area contributed by atoms with Crippen LogP contribution in [-0.4, -0.2) is 4.98 Å². The molecule has 0 spiro atoms. The van der Waals surface area contributed by atoms with Crippen molar-refractivity contribution in [2.24, 2.45) is 0 Å². The largest absolute Gasteiger partial charge is 0.358 e. The summed E-state index contributed by atoms with van der Waals surface area (Å²) < 4.78 is 24.4. The summed E-state index contributed by atoms with van der Waals surface area (Å²) >= 11 is 0. The van der Waals surface area contributed by atoms with E-state index in [1.54, 1.807) is 0 Å². The van der Waals surface area contributed by atoms with Gasteiger partial charge in [0, 0.05) is 6.07 Å². The van der Waals surface area contributed by atoms with E-state index in [0.717, 1.165) is 6.20 Å². The van der Waals surface area contributed by atoms with Crippen LogP contribution in [0.25, 0.3) is 4.85 Å². The quantitative estimate of drug-likeness (QED) is 0.503. The van der Waals surface area contributed by atoms with Crippen LogP contribution in [0.1, 0.15) is 0 Å². The molecule has 0 aromatic carbocycles. The van der Waals surface area contributed by atoms with Gasteiger partial charge in [0.2, 0.25) is 0 Å². The number of halogens is 2. The topological polar surface area (TPSA) is 17.2 Å². The Morgan fingerprint density at radius 3 is 2.70 bits per heavy atom. The molecule has 1 aromatic heterocycles. The van der Waals surface area contributed by atoms with E-state index in [9.17, 15) is 8.78 Å². The van der Waals surface area contributed by atoms with Crippen molar-refractivity contribution >= 4 is 5.82 Å². The first-order valence-electron chi connectivity index (χ1n) is 2.42. The number of rotatable bonds is 0. The minimum atomic E-state index is -0.921. The second-order valence-corrected chi connectivity index (χ2v) is 1.57. The van der Waals surface area contributed by atoms with Gasteiger partial charge in [-0.25, -0.2) is 8.78 Å². The fourth-order valence-corrected chi connectivity index (χ4v) is 0.490. The average molecular weight is 140 g/mol. The Hall–Kier alpha value is -1.50. The Balaban J connectivity index is 3.23. The van der Waals surface area contributed by atoms with E-state index in [1.807, 2.05) is 0 Å². The van der Waals surface area contributed by atoms with Gasteiger partial charge in [0.15, 0.2) is 17.8 Å². The molecule has 50 valence electrons. The van der Waals surface area contributed by atoms with Gasteiger partial charge in [0.1, 0.15) is 0 Å². The summed E-state index contributed by atoms with van der Waals surface area (Å²) in [5, 5.41) is 0. The average Bonchev–Trinajstić information content (AvgIpc) is 1.88. The van der Waals surface area contributed by atoms with Crippen molar-refractivity contribution in [2.45, 2.75) is 0 Å². The smallest absolute Gasteiger partial charge is 0.305 e. The fraction of sp³-hybridized carbons (Fsp3) is 0. The molecule has 0 aliphatic heterocycles. The number of hydrogen-bond donors (Lipinski definition) is 0. The monoisotopic (exact) mass is 140 g/mol. The molecule has 0 bridgehead atoms. The van der Waals surface area contributed by atoms with E-state index >= 15 is 0 Å². The summed E-state index contributed by atoms with van der Waals surface area (Å²) in [6.07, 6.45) is 0.802. The molecule has 0 N–H and O–H groups in total. The van der Waals surface area contributed by atoms with Gasteiger partial charge in [-0.1, -0.05) is 6.57 Å². The summed E-state index contributed by atoms with van der Waals surface area (Å²) in [4.78, 5) is 5.90. The van der Waals surface area contributed by atoms with Crippen molar-refractivity contribution in [3.05, 3.63) is 35.3 Å². The first-order valence-corrected chi connectivity index (χ1v) is 2.42. The molecule has 0 aliphatic rings. The number of pyridine rings is 1. The first kappa shape index (κ1) is 6.62. The zero-order chi connectivity index (χ0) is 7.56. The Morgan fingerprint density at radius 1 is 1.50 bits per heavy atom. The lowest BCUT2D eigenvalue weighted by Gasteiger charge is -1.88. The van der Waals surface area contributed by atoms with Crippen molar-refractivity contribution in [2.75, 3.05) is 0 Å². The number of aromatic nitrogens is 1. The lowest BCUT2D eigenvalue weighted by molar-refractivity contribution is 0.578. The lowest BCUT2D eigenvalue weighted by atomic mass is 10.4. The molecule has 1 rings (SSSR count). The molecule has 4 heteroatoms. The van der Waals surface area contributed by atoms with Gasteiger partial charge in [0.05, 0.1) is 0 Å². The fourth-order valence-electron chi connectivity index (χ4n) is 0.490. The second-order valence-electron chi connectivity index (χ2n) is 1.57. The molecule has 0 radical (unpaired) electrons. The molecule has 0 amide bonds. The van der Waals surface area contributed by atoms with Gasteiger partial charge in [-0.2, -0.15) is 0 Å². The van der Waals surface area contributed by atoms with Gasteiger partial charge in [-0.3, -0.25) is 0 Å². The van der Waals surface area contributed by atoms with E-state index in [4.69, 9.17) is 6.57 Å². The van der Waals surface area contributed by atoms with Crippen LogP contribution in [0.2, 0.25) is 0 Å². The first-order chi connectivity index (χ1) is 4.74. The van der Waals surface area contributed by atoms with Gasteiger partial charge < -0.3 is 4.85 Å². The van der Waals surface area contributed by atoms with E-state index < -0.39 is 17.5 Å². The molecule has 0 saturated heterocycles. The summed E-state index contributed by atoms with van der Waals surface area (Å²) in [6, 6.07) is 0.625.